The van der Waals surface area contributed by atoms with E-state index in [1.54, 1.807) is 7.11 Å². The molecule has 3 heteroatoms. The molecule has 3 nitrogen and oxygen atoms in total. The minimum atomic E-state index is 0.162. The van der Waals surface area contributed by atoms with Crippen LogP contribution in [0.15, 0.2) is 18.2 Å². The van der Waals surface area contributed by atoms with Crippen LogP contribution in [0.5, 0.6) is 5.75 Å². The summed E-state index contributed by atoms with van der Waals surface area (Å²) >= 11 is 0. The monoisotopic (exact) mass is 235 g/mol. The molecule has 0 fully saturated rings. The number of fused-ring (bicyclic) bond motifs is 1. The second-order valence-electron chi connectivity index (χ2n) is 4.44. The number of benzene rings is 1. The van der Waals surface area contributed by atoms with E-state index in [0.717, 1.165) is 25.3 Å². The molecule has 0 saturated carbocycles. The Balaban J connectivity index is 2.23. The largest absolute Gasteiger partial charge is 0.493 e. The average molecular weight is 235 g/mol. The normalized spacial score (nSPS) is 17.4. The first kappa shape index (κ1) is 12.4. The molecule has 1 heterocycles. The fourth-order valence-electron chi connectivity index (χ4n) is 2.31. The van der Waals surface area contributed by atoms with Gasteiger partial charge in [0, 0.05) is 13.5 Å². The Hall–Kier alpha value is -1.06. The molecule has 0 bridgehead atoms. The molecular formula is C14H21NO2. The van der Waals surface area contributed by atoms with Crippen LogP contribution in [-0.4, -0.2) is 26.4 Å². The van der Waals surface area contributed by atoms with Gasteiger partial charge in [0.2, 0.25) is 0 Å². The number of hydrogen-bond donors (Lipinski definition) is 1. The number of likely N-dealkylation sites (N-methyl/N-ethyl adjacent to an activating group) is 1. The smallest absolute Gasteiger partial charge is 0.122 e. The number of hydrogen-bond acceptors (Lipinski definition) is 3. The van der Waals surface area contributed by atoms with Gasteiger partial charge in [-0.1, -0.05) is 19.1 Å². The fraction of sp³-hybridized carbons (Fsp3) is 0.571. The van der Waals surface area contributed by atoms with Crippen LogP contribution in [-0.2, 0) is 11.2 Å². The maximum absolute atomic E-state index is 5.53. The Morgan fingerprint density at radius 3 is 3.00 bits per heavy atom. The van der Waals surface area contributed by atoms with Crippen LogP contribution in [0.25, 0.3) is 0 Å². The Labute approximate surface area is 103 Å². The van der Waals surface area contributed by atoms with Crippen LogP contribution in [0, 0.1) is 0 Å². The Bertz CT molecular complexity index is 378. The maximum Gasteiger partial charge on any atom is 0.122 e. The van der Waals surface area contributed by atoms with Crippen LogP contribution in [0.4, 0.5) is 0 Å². The first-order valence-corrected chi connectivity index (χ1v) is 6.28. The summed E-state index contributed by atoms with van der Waals surface area (Å²) in [6.45, 7) is 5.96. The second kappa shape index (κ2) is 5.52. The van der Waals surface area contributed by atoms with Crippen molar-refractivity contribution >= 4 is 0 Å². The number of methoxy groups -OCH3 is 1. The molecule has 1 N–H and O–H groups in total. The molecule has 1 aliphatic heterocycles. The molecule has 1 aliphatic rings. The second-order valence-corrected chi connectivity index (χ2v) is 4.44. The zero-order chi connectivity index (χ0) is 12.3. The average Bonchev–Trinajstić information content (AvgIpc) is 2.82. The van der Waals surface area contributed by atoms with Gasteiger partial charge in [-0.15, -0.1) is 0 Å². The van der Waals surface area contributed by atoms with Crippen LogP contribution in [0.2, 0.25) is 0 Å². The third-order valence-corrected chi connectivity index (χ3v) is 3.34. The number of nitrogens with one attached hydrogen (secondary N) is 1. The van der Waals surface area contributed by atoms with Gasteiger partial charge in [0.25, 0.3) is 0 Å². The lowest BCUT2D eigenvalue weighted by atomic mass is 9.99. The van der Waals surface area contributed by atoms with E-state index < -0.39 is 0 Å². The van der Waals surface area contributed by atoms with Gasteiger partial charge >= 0.3 is 0 Å². The van der Waals surface area contributed by atoms with E-state index in [1.807, 2.05) is 0 Å². The van der Waals surface area contributed by atoms with Crippen LogP contribution in [0.1, 0.15) is 31.0 Å². The highest BCUT2D eigenvalue weighted by atomic mass is 16.5. The van der Waals surface area contributed by atoms with Gasteiger partial charge < -0.3 is 14.8 Å². The Morgan fingerprint density at radius 1 is 1.47 bits per heavy atom. The molecule has 2 unspecified atom stereocenters. The maximum atomic E-state index is 5.53. The molecule has 1 aromatic carbocycles. The highest BCUT2D eigenvalue weighted by Crippen LogP contribution is 2.29. The van der Waals surface area contributed by atoms with Crippen molar-refractivity contribution in [3.63, 3.8) is 0 Å². The van der Waals surface area contributed by atoms with E-state index in [-0.39, 0.29) is 12.1 Å². The van der Waals surface area contributed by atoms with Crippen molar-refractivity contribution in [2.75, 3.05) is 20.3 Å². The van der Waals surface area contributed by atoms with Crippen molar-refractivity contribution < 1.29 is 9.47 Å². The number of ether oxygens (including phenoxy) is 2. The molecule has 2 atom stereocenters. The predicted octanol–water partition coefficient (Wildman–Crippen LogP) is 2.31. The SMILES string of the molecule is CCNC(c1ccc2c(c1)CCO2)C(C)OC. The molecular weight excluding hydrogens is 214 g/mol. The van der Waals surface area contributed by atoms with Crippen LogP contribution >= 0.6 is 0 Å². The van der Waals surface area contributed by atoms with Crippen molar-refractivity contribution in [1.29, 1.82) is 0 Å². The molecule has 0 saturated heterocycles. The molecule has 2 rings (SSSR count). The summed E-state index contributed by atoms with van der Waals surface area (Å²) in [4.78, 5) is 0. The molecule has 1 aromatic rings. The van der Waals surface area contributed by atoms with Crippen molar-refractivity contribution in [1.82, 2.24) is 5.32 Å². The summed E-state index contributed by atoms with van der Waals surface area (Å²) in [6.07, 6.45) is 1.18. The third-order valence-electron chi connectivity index (χ3n) is 3.34. The summed E-state index contributed by atoms with van der Waals surface area (Å²) in [7, 11) is 1.76. The zero-order valence-corrected chi connectivity index (χ0v) is 10.8. The van der Waals surface area contributed by atoms with Gasteiger partial charge in [-0.3, -0.25) is 0 Å². The van der Waals surface area contributed by atoms with E-state index in [4.69, 9.17) is 9.47 Å². The standard InChI is InChI=1S/C14H21NO2/c1-4-15-14(10(2)16-3)12-5-6-13-11(9-12)7-8-17-13/h5-6,9-10,14-15H,4,7-8H2,1-3H3. The molecule has 94 valence electrons. The lowest BCUT2D eigenvalue weighted by Crippen LogP contribution is -2.31. The fourth-order valence-corrected chi connectivity index (χ4v) is 2.31. The molecule has 0 radical (unpaired) electrons. The minimum Gasteiger partial charge on any atom is -0.493 e. The predicted molar refractivity (Wildman–Crippen MR) is 68.5 cm³/mol. The lowest BCUT2D eigenvalue weighted by Gasteiger charge is -2.24. The van der Waals surface area contributed by atoms with Crippen LogP contribution in [0.3, 0.4) is 0 Å². The first-order valence-electron chi connectivity index (χ1n) is 6.28. The van der Waals surface area contributed by atoms with Gasteiger partial charge in [0.1, 0.15) is 5.75 Å². The van der Waals surface area contributed by atoms with Crippen LogP contribution < -0.4 is 10.1 Å². The lowest BCUT2D eigenvalue weighted by molar-refractivity contribution is 0.0835. The summed E-state index contributed by atoms with van der Waals surface area (Å²) in [5, 5.41) is 3.47. The summed E-state index contributed by atoms with van der Waals surface area (Å²) in [5.41, 5.74) is 2.60. The molecule has 0 aromatic heterocycles. The number of rotatable bonds is 5. The quantitative estimate of drug-likeness (QED) is 0.849. The van der Waals surface area contributed by atoms with Crippen molar-refractivity contribution in [3.05, 3.63) is 29.3 Å². The van der Waals surface area contributed by atoms with E-state index in [1.165, 1.54) is 11.1 Å². The first-order chi connectivity index (χ1) is 8.26. The van der Waals surface area contributed by atoms with Crippen molar-refractivity contribution in [3.8, 4) is 5.75 Å². The highest BCUT2D eigenvalue weighted by Gasteiger charge is 2.20. The van der Waals surface area contributed by atoms with Gasteiger partial charge in [0.15, 0.2) is 0 Å². The molecule has 17 heavy (non-hydrogen) atoms. The van der Waals surface area contributed by atoms with E-state index in [2.05, 4.69) is 37.4 Å². The summed E-state index contributed by atoms with van der Waals surface area (Å²) < 4.78 is 11.0. The van der Waals surface area contributed by atoms with Gasteiger partial charge in [0.05, 0.1) is 18.8 Å². The van der Waals surface area contributed by atoms with E-state index in [0.29, 0.717) is 0 Å². The Morgan fingerprint density at radius 2 is 2.29 bits per heavy atom. The van der Waals surface area contributed by atoms with Gasteiger partial charge in [-0.2, -0.15) is 0 Å². The van der Waals surface area contributed by atoms with Crippen molar-refractivity contribution in [2.45, 2.75) is 32.4 Å². The Kier molecular flexibility index (Phi) is 4.02. The zero-order valence-electron chi connectivity index (χ0n) is 10.8. The van der Waals surface area contributed by atoms with Crippen molar-refractivity contribution in [2.24, 2.45) is 0 Å². The van der Waals surface area contributed by atoms with E-state index in [9.17, 15) is 0 Å². The summed E-state index contributed by atoms with van der Waals surface area (Å²) in [5.74, 6) is 1.04. The molecule has 0 spiro atoms. The molecule has 0 aliphatic carbocycles. The topological polar surface area (TPSA) is 30.5 Å². The third kappa shape index (κ3) is 2.61. The van der Waals surface area contributed by atoms with E-state index >= 15 is 0 Å². The highest BCUT2D eigenvalue weighted by molar-refractivity contribution is 5.41. The van der Waals surface area contributed by atoms with Gasteiger partial charge in [-0.25, -0.2) is 0 Å². The molecule has 0 amide bonds. The summed E-state index contributed by atoms with van der Waals surface area (Å²) in [6, 6.07) is 6.69. The minimum absolute atomic E-state index is 0.162. The van der Waals surface area contributed by atoms with Gasteiger partial charge in [-0.05, 0) is 30.7 Å².